The Kier molecular flexibility index (Phi) is 7.19. The lowest BCUT2D eigenvalue weighted by atomic mass is 9.73. The number of amides is 1. The monoisotopic (exact) mass is 576 g/mol. The molecule has 0 saturated carbocycles. The molecule has 3 atom stereocenters. The van der Waals surface area contributed by atoms with Crippen LogP contribution in [-0.4, -0.2) is 70.0 Å². The van der Waals surface area contributed by atoms with Crippen molar-refractivity contribution in [2.75, 3.05) is 31.7 Å². The fourth-order valence-corrected chi connectivity index (χ4v) is 6.89. The summed E-state index contributed by atoms with van der Waals surface area (Å²) in [6.45, 7) is 9.74. The highest BCUT2D eigenvalue weighted by Gasteiger charge is 2.49. The third-order valence-corrected chi connectivity index (χ3v) is 8.93. The molecule has 1 N–H and O–H groups in total. The van der Waals surface area contributed by atoms with Crippen molar-refractivity contribution >= 4 is 40.4 Å². The number of benzene rings is 1. The fraction of sp³-hybridized carbons (Fsp3) is 0.467. The number of hydrogen-bond donors (Lipinski definition) is 1. The number of imidazole rings is 1. The van der Waals surface area contributed by atoms with Crippen molar-refractivity contribution in [1.82, 2.24) is 24.7 Å². The van der Waals surface area contributed by atoms with E-state index in [2.05, 4.69) is 22.1 Å². The lowest BCUT2D eigenvalue weighted by Crippen LogP contribution is -2.60. The van der Waals surface area contributed by atoms with Crippen molar-refractivity contribution in [3.63, 3.8) is 0 Å². The van der Waals surface area contributed by atoms with Crippen molar-refractivity contribution in [2.24, 2.45) is 5.41 Å². The molecule has 2 aliphatic rings. The van der Waals surface area contributed by atoms with Crippen LogP contribution >= 0.6 is 11.8 Å². The second-order valence-corrected chi connectivity index (χ2v) is 13.0. The SMILES string of the molecule is COc1ccc2nccc(Sc3cnc(N4CCC5(CO[C@@H](C)C5)C(NC(=O)OC(C)(C)C)C4)n4ccnc34)c2c1. The standard InChI is InChI=1S/C30H36N6O4S/c1-19-15-30(18-39-19)9-12-35(17-25(30)34-28(37)40-29(2,3)4)27-33-16-24(26-32-11-13-36(26)27)41-23-8-10-31-22-7-6-20(38-5)14-21(22)23/h6-8,10-11,13-14,16,19,25H,9,12,15,17-18H2,1-5H3,(H,34,37)/t19-,25?,30?/m0/s1. The van der Waals surface area contributed by atoms with E-state index in [1.54, 1.807) is 25.1 Å². The molecule has 10 nitrogen and oxygen atoms in total. The van der Waals surface area contributed by atoms with Gasteiger partial charge in [0.1, 0.15) is 11.4 Å². The molecule has 2 fully saturated rings. The topological polar surface area (TPSA) is 103 Å². The molecule has 2 aliphatic heterocycles. The maximum atomic E-state index is 12.9. The van der Waals surface area contributed by atoms with E-state index < -0.39 is 11.7 Å². The highest BCUT2D eigenvalue weighted by Crippen LogP contribution is 2.43. The number of carbonyl (C=O) groups excluding carboxylic acids is 1. The van der Waals surface area contributed by atoms with Crippen molar-refractivity contribution in [3.8, 4) is 5.75 Å². The van der Waals surface area contributed by atoms with Gasteiger partial charge in [-0.2, -0.15) is 0 Å². The van der Waals surface area contributed by atoms with Crippen LogP contribution in [-0.2, 0) is 9.47 Å². The molecular formula is C30H36N6O4S. The number of carbonyl (C=O) groups is 1. The minimum Gasteiger partial charge on any atom is -0.497 e. The Hall–Kier alpha value is -3.57. The van der Waals surface area contributed by atoms with Crippen LogP contribution in [0.25, 0.3) is 16.6 Å². The number of anilines is 1. The Bertz CT molecular complexity index is 1590. The van der Waals surface area contributed by atoms with Gasteiger partial charge in [0.25, 0.3) is 0 Å². The Morgan fingerprint density at radius 1 is 1.17 bits per heavy atom. The van der Waals surface area contributed by atoms with Crippen LogP contribution in [0.15, 0.2) is 58.8 Å². The quantitative estimate of drug-likeness (QED) is 0.337. The van der Waals surface area contributed by atoms with Crippen LogP contribution in [0.1, 0.15) is 40.5 Å². The molecular weight excluding hydrogens is 540 g/mol. The zero-order valence-corrected chi connectivity index (χ0v) is 24.9. The lowest BCUT2D eigenvalue weighted by molar-refractivity contribution is 0.0385. The van der Waals surface area contributed by atoms with Crippen LogP contribution in [0.2, 0.25) is 0 Å². The van der Waals surface area contributed by atoms with Gasteiger partial charge in [0, 0.05) is 53.6 Å². The van der Waals surface area contributed by atoms with E-state index in [1.807, 2.05) is 68.0 Å². The number of nitrogens with zero attached hydrogens (tertiary/aromatic N) is 5. The molecule has 4 aromatic rings. The number of hydrogen-bond acceptors (Lipinski definition) is 9. The molecule has 41 heavy (non-hydrogen) atoms. The van der Waals surface area contributed by atoms with Gasteiger partial charge in [0.05, 0.1) is 36.3 Å². The molecule has 1 aromatic carbocycles. The number of methoxy groups -OCH3 is 1. The third-order valence-electron chi connectivity index (χ3n) is 7.85. The first-order valence-corrected chi connectivity index (χ1v) is 14.7. The summed E-state index contributed by atoms with van der Waals surface area (Å²) in [5, 5.41) is 4.20. The highest BCUT2D eigenvalue weighted by atomic mass is 32.2. The lowest BCUT2D eigenvalue weighted by Gasteiger charge is -2.45. The average molecular weight is 577 g/mol. The molecule has 2 saturated heterocycles. The zero-order valence-electron chi connectivity index (χ0n) is 24.1. The van der Waals surface area contributed by atoms with E-state index in [0.29, 0.717) is 13.2 Å². The maximum Gasteiger partial charge on any atom is 0.407 e. The number of aromatic nitrogens is 4. The van der Waals surface area contributed by atoms with E-state index in [-0.39, 0.29) is 17.6 Å². The van der Waals surface area contributed by atoms with Gasteiger partial charge in [0.2, 0.25) is 5.95 Å². The molecule has 0 bridgehead atoms. The Balaban J connectivity index is 1.29. The summed E-state index contributed by atoms with van der Waals surface area (Å²) in [5.74, 6) is 1.58. The summed E-state index contributed by atoms with van der Waals surface area (Å²) >= 11 is 1.61. The van der Waals surface area contributed by atoms with Crippen molar-refractivity contribution in [3.05, 3.63) is 49.1 Å². The van der Waals surface area contributed by atoms with Gasteiger partial charge in [-0.15, -0.1) is 0 Å². The second-order valence-electron chi connectivity index (χ2n) is 11.9. The van der Waals surface area contributed by atoms with Crippen molar-refractivity contribution in [2.45, 2.75) is 68.1 Å². The number of ether oxygens (including phenoxy) is 3. The smallest absolute Gasteiger partial charge is 0.407 e. The van der Waals surface area contributed by atoms with Gasteiger partial charge >= 0.3 is 6.09 Å². The van der Waals surface area contributed by atoms with Gasteiger partial charge in [0.15, 0.2) is 5.65 Å². The first kappa shape index (κ1) is 27.6. The van der Waals surface area contributed by atoms with Crippen molar-refractivity contribution < 1.29 is 19.0 Å². The van der Waals surface area contributed by atoms with Crippen molar-refractivity contribution in [1.29, 1.82) is 0 Å². The van der Waals surface area contributed by atoms with E-state index in [9.17, 15) is 4.79 Å². The molecule has 3 aromatic heterocycles. The first-order chi connectivity index (χ1) is 19.6. The number of pyridine rings is 1. The second kappa shape index (κ2) is 10.7. The van der Waals surface area contributed by atoms with Gasteiger partial charge in [-0.25, -0.2) is 14.8 Å². The Morgan fingerprint density at radius 3 is 2.78 bits per heavy atom. The minimum absolute atomic E-state index is 0.139. The molecule has 11 heteroatoms. The molecule has 5 heterocycles. The van der Waals surface area contributed by atoms with Crippen LogP contribution in [0.5, 0.6) is 5.75 Å². The molecule has 0 aliphatic carbocycles. The van der Waals surface area contributed by atoms with E-state index in [1.165, 1.54) is 0 Å². The fourth-order valence-electron chi connectivity index (χ4n) is 5.91. The van der Waals surface area contributed by atoms with Crippen LogP contribution in [0.4, 0.5) is 10.7 Å². The van der Waals surface area contributed by atoms with Gasteiger partial charge in [-0.3, -0.25) is 9.38 Å². The van der Waals surface area contributed by atoms with E-state index in [4.69, 9.17) is 24.2 Å². The average Bonchev–Trinajstić information content (AvgIpc) is 3.57. The normalized spacial score (nSPS) is 22.9. The summed E-state index contributed by atoms with van der Waals surface area (Å²) in [7, 11) is 1.66. The van der Waals surface area contributed by atoms with E-state index >= 15 is 0 Å². The van der Waals surface area contributed by atoms with Crippen LogP contribution in [0, 0.1) is 5.41 Å². The third kappa shape index (κ3) is 5.52. The van der Waals surface area contributed by atoms with Gasteiger partial charge in [-0.1, -0.05) is 11.8 Å². The first-order valence-electron chi connectivity index (χ1n) is 13.9. The molecule has 0 radical (unpaired) electrons. The molecule has 6 rings (SSSR count). The summed E-state index contributed by atoms with van der Waals surface area (Å²) in [4.78, 5) is 31.2. The largest absolute Gasteiger partial charge is 0.497 e. The number of rotatable bonds is 5. The summed E-state index contributed by atoms with van der Waals surface area (Å²) in [6, 6.07) is 7.74. The molecule has 2 unspecified atom stereocenters. The van der Waals surface area contributed by atoms with Gasteiger partial charge < -0.3 is 24.4 Å². The Morgan fingerprint density at radius 2 is 2.02 bits per heavy atom. The summed E-state index contributed by atoms with van der Waals surface area (Å²) < 4.78 is 19.1. The molecule has 216 valence electrons. The highest BCUT2D eigenvalue weighted by molar-refractivity contribution is 7.99. The number of fused-ring (bicyclic) bond motifs is 2. The Labute approximate surface area is 243 Å². The van der Waals surface area contributed by atoms with Crippen LogP contribution < -0.4 is 15.0 Å². The number of nitrogens with one attached hydrogen (secondary N) is 1. The predicted octanol–water partition coefficient (Wildman–Crippen LogP) is 5.34. The molecule has 1 spiro atoms. The summed E-state index contributed by atoms with van der Waals surface area (Å²) in [6.07, 6.45) is 8.96. The number of piperidine rings is 1. The summed E-state index contributed by atoms with van der Waals surface area (Å²) in [5.41, 5.74) is 1.01. The minimum atomic E-state index is -0.575. The predicted molar refractivity (Wildman–Crippen MR) is 158 cm³/mol. The van der Waals surface area contributed by atoms with E-state index in [0.717, 1.165) is 57.4 Å². The zero-order chi connectivity index (χ0) is 28.8. The maximum absolute atomic E-state index is 12.9. The van der Waals surface area contributed by atoms with Crippen LogP contribution in [0.3, 0.4) is 0 Å². The number of alkyl carbamates (subject to hydrolysis) is 1. The van der Waals surface area contributed by atoms with Gasteiger partial charge in [-0.05, 0) is 64.8 Å². The molecule has 1 amide bonds.